The predicted octanol–water partition coefficient (Wildman–Crippen LogP) is 2.88. The number of anilines is 1. The fourth-order valence-electron chi connectivity index (χ4n) is 2.82. The van der Waals surface area contributed by atoms with Crippen LogP contribution < -0.4 is 14.4 Å². The molecule has 0 bridgehead atoms. The minimum absolute atomic E-state index is 0.172. The number of nitrogens with zero attached hydrogens (tertiary/aromatic N) is 1. The number of carbonyl (C=O) groups is 1. The van der Waals surface area contributed by atoms with Gasteiger partial charge in [-0.15, -0.1) is 0 Å². The zero-order valence-corrected chi connectivity index (χ0v) is 16.2. The van der Waals surface area contributed by atoms with Crippen molar-refractivity contribution in [1.29, 1.82) is 0 Å². The van der Waals surface area contributed by atoms with Gasteiger partial charge in [-0.1, -0.05) is 23.7 Å². The van der Waals surface area contributed by atoms with Crippen LogP contribution in [0.3, 0.4) is 0 Å². The fourth-order valence-corrected chi connectivity index (χ4v) is 3.89. The summed E-state index contributed by atoms with van der Waals surface area (Å²) in [4.78, 5) is 12.6. The Morgan fingerprint density at radius 3 is 2.59 bits per heavy atom. The Labute approximate surface area is 161 Å². The monoisotopic (exact) mass is 412 g/mol. The molecule has 2 aromatic carbocycles. The molecule has 0 radical (unpaired) electrons. The second kappa shape index (κ2) is 7.36. The van der Waals surface area contributed by atoms with Crippen LogP contribution in [0.25, 0.3) is 0 Å². The number of fused-ring (bicyclic) bond motifs is 1. The molecule has 1 aliphatic heterocycles. The van der Waals surface area contributed by atoms with Crippen molar-refractivity contribution in [2.45, 2.75) is 19.1 Å². The first kappa shape index (κ1) is 19.4. The van der Waals surface area contributed by atoms with Crippen LogP contribution in [0.4, 0.5) is 10.1 Å². The van der Waals surface area contributed by atoms with Crippen LogP contribution in [0, 0.1) is 5.82 Å². The van der Waals surface area contributed by atoms with Crippen LogP contribution in [0.15, 0.2) is 42.5 Å². The summed E-state index contributed by atoms with van der Waals surface area (Å²) < 4.78 is 44.2. The molecule has 2 aromatic rings. The van der Waals surface area contributed by atoms with Crippen molar-refractivity contribution in [3.8, 4) is 5.75 Å². The first-order valence-corrected chi connectivity index (χ1v) is 10.4. The second-order valence-corrected chi connectivity index (χ2v) is 8.64. The van der Waals surface area contributed by atoms with Gasteiger partial charge in [0.25, 0.3) is 5.91 Å². The SMILES string of the molecule is CC(NC(=O)C1CN(S(C)(=O)=O)c2cc(Cl)ccc2O1)c1ccc(F)cc1. The predicted molar refractivity (Wildman–Crippen MR) is 101 cm³/mol. The first-order chi connectivity index (χ1) is 12.6. The molecule has 27 heavy (non-hydrogen) atoms. The Balaban J connectivity index is 1.81. The van der Waals surface area contributed by atoms with Gasteiger partial charge in [-0.2, -0.15) is 0 Å². The normalized spacial score (nSPS) is 17.6. The zero-order chi connectivity index (χ0) is 19.8. The van der Waals surface area contributed by atoms with Crippen LogP contribution in [-0.4, -0.2) is 33.2 Å². The summed E-state index contributed by atoms with van der Waals surface area (Å²) in [6.45, 7) is 1.57. The molecule has 2 unspecified atom stereocenters. The van der Waals surface area contributed by atoms with E-state index < -0.39 is 28.1 Å². The van der Waals surface area contributed by atoms with E-state index >= 15 is 0 Å². The maximum Gasteiger partial charge on any atom is 0.263 e. The third-order valence-electron chi connectivity index (χ3n) is 4.21. The van der Waals surface area contributed by atoms with Gasteiger partial charge >= 0.3 is 0 Å². The average Bonchev–Trinajstić information content (AvgIpc) is 2.60. The Morgan fingerprint density at radius 2 is 1.96 bits per heavy atom. The maximum atomic E-state index is 13.0. The van der Waals surface area contributed by atoms with Gasteiger partial charge < -0.3 is 10.1 Å². The summed E-state index contributed by atoms with van der Waals surface area (Å²) in [7, 11) is -3.63. The van der Waals surface area contributed by atoms with Gasteiger partial charge in [0.2, 0.25) is 10.0 Å². The third-order valence-corrected chi connectivity index (χ3v) is 5.59. The molecule has 3 rings (SSSR count). The molecule has 2 atom stereocenters. The number of amides is 1. The Bertz CT molecular complexity index is 966. The lowest BCUT2D eigenvalue weighted by molar-refractivity contribution is -0.128. The van der Waals surface area contributed by atoms with Gasteiger partial charge in [0.05, 0.1) is 24.5 Å². The zero-order valence-electron chi connectivity index (χ0n) is 14.6. The Hall–Kier alpha value is -2.32. The molecule has 6 nitrogen and oxygen atoms in total. The van der Waals surface area contributed by atoms with E-state index in [1.807, 2.05) is 0 Å². The van der Waals surface area contributed by atoms with Gasteiger partial charge in [0.1, 0.15) is 11.6 Å². The topological polar surface area (TPSA) is 75.7 Å². The number of hydrogen-bond donors (Lipinski definition) is 1. The summed E-state index contributed by atoms with van der Waals surface area (Å²) in [5, 5.41) is 3.13. The second-order valence-electron chi connectivity index (χ2n) is 6.29. The summed E-state index contributed by atoms with van der Waals surface area (Å²) in [5.41, 5.74) is 1.01. The molecular weight excluding hydrogens is 395 g/mol. The smallest absolute Gasteiger partial charge is 0.263 e. The highest BCUT2D eigenvalue weighted by atomic mass is 35.5. The van der Waals surface area contributed by atoms with Crippen molar-refractivity contribution in [3.63, 3.8) is 0 Å². The van der Waals surface area contributed by atoms with Crippen molar-refractivity contribution in [2.75, 3.05) is 17.1 Å². The van der Waals surface area contributed by atoms with Crippen molar-refractivity contribution >= 4 is 33.2 Å². The van der Waals surface area contributed by atoms with E-state index in [1.165, 1.54) is 24.3 Å². The van der Waals surface area contributed by atoms with Crippen LogP contribution in [-0.2, 0) is 14.8 Å². The van der Waals surface area contributed by atoms with Crippen molar-refractivity contribution in [1.82, 2.24) is 5.32 Å². The minimum Gasteiger partial charge on any atom is -0.476 e. The Kier molecular flexibility index (Phi) is 5.30. The van der Waals surface area contributed by atoms with E-state index in [-0.39, 0.29) is 18.1 Å². The number of rotatable bonds is 4. The highest BCUT2D eigenvalue weighted by molar-refractivity contribution is 7.92. The standard InChI is InChI=1S/C18H18ClFN2O4S/c1-11(12-3-6-14(20)7-4-12)21-18(23)17-10-22(27(2,24)25)15-9-13(19)5-8-16(15)26-17/h3-9,11,17H,10H2,1-2H3,(H,21,23). The van der Waals surface area contributed by atoms with Crippen molar-refractivity contribution < 1.29 is 22.3 Å². The van der Waals surface area contributed by atoms with Gasteiger partial charge in [-0.3, -0.25) is 9.10 Å². The summed E-state index contributed by atoms with van der Waals surface area (Å²) >= 11 is 5.96. The van der Waals surface area contributed by atoms with Crippen LogP contribution in [0.5, 0.6) is 5.75 Å². The number of ether oxygens (including phenoxy) is 1. The van der Waals surface area contributed by atoms with E-state index in [4.69, 9.17) is 16.3 Å². The molecule has 1 N–H and O–H groups in total. The molecule has 144 valence electrons. The van der Waals surface area contributed by atoms with Crippen molar-refractivity contribution in [3.05, 3.63) is 58.9 Å². The number of carbonyl (C=O) groups excluding carboxylic acids is 1. The average molecular weight is 413 g/mol. The minimum atomic E-state index is -3.63. The molecular formula is C18H18ClFN2O4S. The number of nitrogens with one attached hydrogen (secondary N) is 1. The van der Waals surface area contributed by atoms with Gasteiger partial charge in [-0.25, -0.2) is 12.8 Å². The lowest BCUT2D eigenvalue weighted by Crippen LogP contribution is -2.50. The first-order valence-electron chi connectivity index (χ1n) is 8.15. The molecule has 0 spiro atoms. The number of benzene rings is 2. The molecule has 9 heteroatoms. The highest BCUT2D eigenvalue weighted by Crippen LogP contribution is 2.37. The van der Waals surface area contributed by atoms with Crippen LogP contribution >= 0.6 is 11.6 Å². The molecule has 0 saturated heterocycles. The molecule has 0 aliphatic carbocycles. The van der Waals surface area contributed by atoms with Gasteiger partial charge in [0.15, 0.2) is 6.10 Å². The van der Waals surface area contributed by atoms with E-state index in [9.17, 15) is 17.6 Å². The van der Waals surface area contributed by atoms with Crippen molar-refractivity contribution in [2.24, 2.45) is 0 Å². The Morgan fingerprint density at radius 1 is 1.30 bits per heavy atom. The number of sulfonamides is 1. The van der Waals surface area contributed by atoms with E-state index in [0.717, 1.165) is 10.6 Å². The molecule has 0 fully saturated rings. The third kappa shape index (κ3) is 4.33. The van der Waals surface area contributed by atoms with Crippen LogP contribution in [0.2, 0.25) is 5.02 Å². The lowest BCUT2D eigenvalue weighted by Gasteiger charge is -2.34. The molecule has 0 saturated carbocycles. The molecule has 1 amide bonds. The summed E-state index contributed by atoms with van der Waals surface area (Å²) in [6.07, 6.45) is 0.0235. The highest BCUT2D eigenvalue weighted by Gasteiger charge is 2.35. The molecule has 0 aromatic heterocycles. The molecule has 1 heterocycles. The number of hydrogen-bond acceptors (Lipinski definition) is 4. The van der Waals surface area contributed by atoms with Gasteiger partial charge in [-0.05, 0) is 42.8 Å². The molecule has 1 aliphatic rings. The maximum absolute atomic E-state index is 13.0. The number of halogens is 2. The summed E-state index contributed by atoms with van der Waals surface area (Å²) in [5.74, 6) is -0.585. The van der Waals surface area contributed by atoms with E-state index in [0.29, 0.717) is 16.3 Å². The summed E-state index contributed by atoms with van der Waals surface area (Å²) in [6, 6.07) is 9.92. The quantitative estimate of drug-likeness (QED) is 0.837. The van der Waals surface area contributed by atoms with Crippen LogP contribution in [0.1, 0.15) is 18.5 Å². The van der Waals surface area contributed by atoms with E-state index in [1.54, 1.807) is 25.1 Å². The fraction of sp³-hybridized carbons (Fsp3) is 0.278. The van der Waals surface area contributed by atoms with Gasteiger partial charge in [0, 0.05) is 5.02 Å². The largest absolute Gasteiger partial charge is 0.476 e. The lowest BCUT2D eigenvalue weighted by atomic mass is 10.1. The van der Waals surface area contributed by atoms with E-state index in [2.05, 4.69) is 5.32 Å².